The summed E-state index contributed by atoms with van der Waals surface area (Å²) in [6.07, 6.45) is 9.32. The zero-order valence-corrected chi connectivity index (χ0v) is 12.9. The lowest BCUT2D eigenvalue weighted by atomic mass is 10.1. The Balaban J connectivity index is 2.49. The van der Waals surface area contributed by atoms with E-state index in [4.69, 9.17) is 15.9 Å². The Morgan fingerprint density at radius 3 is 2.57 bits per heavy atom. The highest BCUT2D eigenvalue weighted by Gasteiger charge is 2.08. The van der Waals surface area contributed by atoms with Crippen molar-refractivity contribution in [2.45, 2.75) is 39.7 Å². The van der Waals surface area contributed by atoms with Crippen LogP contribution in [0.5, 0.6) is 5.75 Å². The van der Waals surface area contributed by atoms with Gasteiger partial charge in [0, 0.05) is 0 Å². The molecule has 3 nitrogen and oxygen atoms in total. The number of terminal acetylenes is 1. The molecule has 0 aliphatic rings. The molecule has 3 heteroatoms. The first-order chi connectivity index (χ1) is 10.0. The van der Waals surface area contributed by atoms with Gasteiger partial charge in [0.25, 0.3) is 0 Å². The molecule has 1 unspecified atom stereocenters. The Kier molecular flexibility index (Phi) is 7.11. The summed E-state index contributed by atoms with van der Waals surface area (Å²) < 4.78 is 10.6. The van der Waals surface area contributed by atoms with Crippen LogP contribution < -0.4 is 4.74 Å². The van der Waals surface area contributed by atoms with E-state index in [-0.39, 0.29) is 12.7 Å². The van der Waals surface area contributed by atoms with Crippen LogP contribution in [0.2, 0.25) is 0 Å². The monoisotopic (exact) mass is 286 g/mol. The van der Waals surface area contributed by atoms with Gasteiger partial charge < -0.3 is 9.47 Å². The standard InChI is InChI=1S/C18H22O3/c1-5-13-20-18(19)16-9-11-17(12-10-16)21-15(4)8-6-7-14(2)3/h1,7,9-12,15H,6,8,13H2,2-4H3. The average Bonchev–Trinajstić information content (AvgIpc) is 2.45. The third-order valence-electron chi connectivity index (χ3n) is 2.84. The zero-order valence-electron chi connectivity index (χ0n) is 12.9. The van der Waals surface area contributed by atoms with Gasteiger partial charge in [0.1, 0.15) is 5.75 Å². The molecule has 112 valence electrons. The highest BCUT2D eigenvalue weighted by atomic mass is 16.5. The van der Waals surface area contributed by atoms with Gasteiger partial charge in [0.2, 0.25) is 0 Å². The molecule has 0 saturated heterocycles. The highest BCUT2D eigenvalue weighted by Crippen LogP contribution is 2.16. The van der Waals surface area contributed by atoms with Crippen molar-refractivity contribution in [2.24, 2.45) is 0 Å². The van der Waals surface area contributed by atoms with Gasteiger partial charge >= 0.3 is 5.97 Å². The van der Waals surface area contributed by atoms with Crippen molar-refractivity contribution in [1.29, 1.82) is 0 Å². The number of carbonyl (C=O) groups is 1. The number of allylic oxidation sites excluding steroid dienone is 2. The summed E-state index contributed by atoms with van der Waals surface area (Å²) in [6, 6.07) is 6.89. The number of hydrogen-bond donors (Lipinski definition) is 0. The van der Waals surface area contributed by atoms with Crippen LogP contribution in [0.4, 0.5) is 0 Å². The van der Waals surface area contributed by atoms with Crippen LogP contribution in [0.25, 0.3) is 0 Å². The van der Waals surface area contributed by atoms with Crippen molar-refractivity contribution in [3.63, 3.8) is 0 Å². The highest BCUT2D eigenvalue weighted by molar-refractivity contribution is 5.89. The summed E-state index contributed by atoms with van der Waals surface area (Å²) in [7, 11) is 0. The van der Waals surface area contributed by atoms with Crippen molar-refractivity contribution in [1.82, 2.24) is 0 Å². The predicted molar refractivity (Wildman–Crippen MR) is 84.3 cm³/mol. The minimum Gasteiger partial charge on any atom is -0.491 e. The minimum absolute atomic E-state index is 0.0154. The SMILES string of the molecule is C#CCOC(=O)c1ccc(OC(C)CCC=C(C)C)cc1. The second-order valence-electron chi connectivity index (χ2n) is 5.09. The smallest absolute Gasteiger partial charge is 0.339 e. The number of rotatable bonds is 7. The Hall–Kier alpha value is -2.21. The molecule has 0 amide bonds. The number of esters is 1. The van der Waals surface area contributed by atoms with Crippen molar-refractivity contribution in [3.05, 3.63) is 41.5 Å². The fraction of sp³-hybridized carbons (Fsp3) is 0.389. The quantitative estimate of drug-likeness (QED) is 0.432. The Labute approximate surface area is 127 Å². The van der Waals surface area contributed by atoms with Gasteiger partial charge in [0.05, 0.1) is 11.7 Å². The maximum atomic E-state index is 11.6. The lowest BCUT2D eigenvalue weighted by molar-refractivity contribution is 0.0556. The molecule has 0 spiro atoms. The van der Waals surface area contributed by atoms with Crippen molar-refractivity contribution < 1.29 is 14.3 Å². The molecule has 0 fully saturated rings. The summed E-state index contributed by atoms with van der Waals surface area (Å²) in [6.45, 7) is 6.19. The maximum Gasteiger partial charge on any atom is 0.339 e. The molecular formula is C18H22O3. The molecule has 0 aliphatic carbocycles. The summed E-state index contributed by atoms with van der Waals surface area (Å²) in [5.74, 6) is 2.58. The normalized spacial score (nSPS) is 11.1. The molecule has 0 aromatic heterocycles. The first-order valence-electron chi connectivity index (χ1n) is 7.03. The number of ether oxygens (including phenoxy) is 2. The molecular weight excluding hydrogens is 264 g/mol. The Morgan fingerprint density at radius 1 is 1.33 bits per heavy atom. The zero-order chi connectivity index (χ0) is 15.7. The Morgan fingerprint density at radius 2 is 2.00 bits per heavy atom. The fourth-order valence-electron chi connectivity index (χ4n) is 1.76. The van der Waals surface area contributed by atoms with Crippen molar-refractivity contribution in [2.75, 3.05) is 6.61 Å². The molecule has 0 saturated carbocycles. The summed E-state index contributed by atoms with van der Waals surface area (Å²) >= 11 is 0. The van der Waals surface area contributed by atoms with E-state index in [1.807, 2.05) is 6.92 Å². The van der Waals surface area contributed by atoms with E-state index in [1.165, 1.54) is 5.57 Å². The van der Waals surface area contributed by atoms with Crippen LogP contribution in [-0.2, 0) is 4.74 Å². The van der Waals surface area contributed by atoms with Gasteiger partial charge in [-0.1, -0.05) is 17.6 Å². The molecule has 1 aromatic carbocycles. The van der Waals surface area contributed by atoms with Gasteiger partial charge in [-0.05, 0) is 57.9 Å². The maximum absolute atomic E-state index is 11.6. The lowest BCUT2D eigenvalue weighted by Crippen LogP contribution is -2.11. The molecule has 1 rings (SSSR count). The van der Waals surface area contributed by atoms with Gasteiger partial charge in [-0.15, -0.1) is 6.42 Å². The average molecular weight is 286 g/mol. The third kappa shape index (κ3) is 6.67. The van der Waals surface area contributed by atoms with E-state index in [9.17, 15) is 4.79 Å². The van der Waals surface area contributed by atoms with Crippen LogP contribution >= 0.6 is 0 Å². The molecule has 0 heterocycles. The molecule has 21 heavy (non-hydrogen) atoms. The first-order valence-corrected chi connectivity index (χ1v) is 7.03. The van der Waals surface area contributed by atoms with Crippen molar-refractivity contribution >= 4 is 5.97 Å². The van der Waals surface area contributed by atoms with Crippen LogP contribution in [0.3, 0.4) is 0 Å². The lowest BCUT2D eigenvalue weighted by Gasteiger charge is -2.14. The molecule has 0 radical (unpaired) electrons. The molecule has 0 N–H and O–H groups in total. The van der Waals surface area contributed by atoms with Gasteiger partial charge in [-0.25, -0.2) is 4.79 Å². The number of hydrogen-bond acceptors (Lipinski definition) is 3. The predicted octanol–water partition coefficient (Wildman–Crippen LogP) is 3.99. The molecule has 1 atom stereocenters. The van der Waals surface area contributed by atoms with E-state index in [0.717, 1.165) is 18.6 Å². The topological polar surface area (TPSA) is 35.5 Å². The molecule has 0 aliphatic heterocycles. The number of carbonyl (C=O) groups excluding carboxylic acids is 1. The van der Waals surface area contributed by atoms with Gasteiger partial charge in [-0.3, -0.25) is 0 Å². The van der Waals surface area contributed by atoms with E-state index in [2.05, 4.69) is 25.8 Å². The van der Waals surface area contributed by atoms with Crippen molar-refractivity contribution in [3.8, 4) is 18.1 Å². The second-order valence-corrected chi connectivity index (χ2v) is 5.09. The minimum atomic E-state index is -0.420. The second kappa shape index (κ2) is 8.86. The first kappa shape index (κ1) is 16.8. The van der Waals surface area contributed by atoms with E-state index in [0.29, 0.717) is 5.56 Å². The summed E-state index contributed by atoms with van der Waals surface area (Å²) in [5.41, 5.74) is 1.78. The van der Waals surface area contributed by atoms with Gasteiger partial charge in [0.15, 0.2) is 6.61 Å². The molecule has 1 aromatic rings. The van der Waals surface area contributed by atoms with E-state index >= 15 is 0 Å². The Bertz CT molecular complexity index is 516. The fourth-order valence-corrected chi connectivity index (χ4v) is 1.76. The van der Waals surface area contributed by atoms with Crippen LogP contribution in [0.1, 0.15) is 44.0 Å². The van der Waals surface area contributed by atoms with Gasteiger partial charge in [-0.2, -0.15) is 0 Å². The summed E-state index contributed by atoms with van der Waals surface area (Å²) in [5, 5.41) is 0. The van der Waals surface area contributed by atoms with Crippen LogP contribution in [-0.4, -0.2) is 18.7 Å². The number of benzene rings is 1. The third-order valence-corrected chi connectivity index (χ3v) is 2.84. The molecule has 0 bridgehead atoms. The van der Waals surface area contributed by atoms with Crippen LogP contribution in [0.15, 0.2) is 35.9 Å². The van der Waals surface area contributed by atoms with E-state index < -0.39 is 5.97 Å². The van der Waals surface area contributed by atoms with Crippen LogP contribution in [0, 0.1) is 12.3 Å². The summed E-state index contributed by atoms with van der Waals surface area (Å²) in [4.78, 5) is 11.6. The van der Waals surface area contributed by atoms with E-state index in [1.54, 1.807) is 24.3 Å². The largest absolute Gasteiger partial charge is 0.491 e.